The van der Waals surface area contributed by atoms with Crippen molar-refractivity contribution in [1.82, 2.24) is 19.8 Å². The number of anilines is 1. The Morgan fingerprint density at radius 3 is 2.63 bits per heavy atom. The highest BCUT2D eigenvalue weighted by atomic mass is 32.2. The molecule has 0 aromatic carbocycles. The van der Waals surface area contributed by atoms with Crippen molar-refractivity contribution in [1.29, 1.82) is 0 Å². The molecule has 2 atom stereocenters. The third kappa shape index (κ3) is 5.51. The lowest BCUT2D eigenvalue weighted by molar-refractivity contribution is -0.161. The standard InChI is InChI=1S/C26H24N6O9S2/c1-26(2,24(39)40)41-30-16(14-10-43-25(27)28-14)20(35)29-17-21(36)32-18(23(37)38)12(9-42-22(17)32)7-31-6-5-11-3-4-15(33)19(34)13(11)8-31/h3-6,8,10,17,22,33H,7,9H2,1-2H3,(H2,27,28)(H,29,35)(H,37,38)(H,39,40)/b30-16-/t17?,22-/m0/s1. The van der Waals surface area contributed by atoms with Crippen molar-refractivity contribution in [3.63, 3.8) is 0 Å². The Labute approximate surface area is 250 Å². The number of pyridine rings is 1. The number of nitrogens with zero attached hydrogens (tertiary/aromatic N) is 4. The number of hydrogen-bond acceptors (Lipinski definition) is 12. The number of carbonyl (C=O) groups is 4. The second-order valence-corrected chi connectivity index (χ2v) is 12.1. The second kappa shape index (κ2) is 11.1. The number of phenolic OH excluding ortho intramolecular Hbond substituents is 1. The highest BCUT2D eigenvalue weighted by Crippen LogP contribution is 2.41. The fourth-order valence-corrected chi connectivity index (χ4v) is 6.28. The summed E-state index contributed by atoms with van der Waals surface area (Å²) in [6.45, 7) is 2.51. The number of carboxylic acids is 2. The monoisotopic (exact) mass is 628 g/mol. The quantitative estimate of drug-likeness (QED) is 0.125. The number of aliphatic carboxylic acids is 2. The topological polar surface area (TPSA) is 227 Å². The van der Waals surface area contributed by atoms with E-state index in [1.165, 1.54) is 43.3 Å². The molecule has 4 heterocycles. The number of nitrogens with two attached hydrogens (primary N) is 1. The Kier molecular flexibility index (Phi) is 7.61. The van der Waals surface area contributed by atoms with E-state index in [1.54, 1.807) is 22.9 Å². The summed E-state index contributed by atoms with van der Waals surface area (Å²) in [5.41, 5.74) is 3.92. The van der Waals surface area contributed by atoms with Crippen LogP contribution in [0, 0.1) is 0 Å². The number of carbonyl (C=O) groups excluding carboxylic acids is 2. The summed E-state index contributed by atoms with van der Waals surface area (Å²) in [7, 11) is 0. The van der Waals surface area contributed by atoms with Gasteiger partial charge in [0.05, 0.1) is 0 Å². The first kappa shape index (κ1) is 29.6. The maximum Gasteiger partial charge on any atom is 0.352 e. The molecular weight excluding hydrogens is 604 g/mol. The summed E-state index contributed by atoms with van der Waals surface area (Å²) in [5, 5.41) is 36.1. The maximum absolute atomic E-state index is 13.2. The number of thioether (sulfide) groups is 1. The van der Waals surface area contributed by atoms with E-state index >= 15 is 0 Å². The summed E-state index contributed by atoms with van der Waals surface area (Å²) >= 11 is 2.23. The lowest BCUT2D eigenvalue weighted by atomic mass is 10.0. The van der Waals surface area contributed by atoms with Crippen molar-refractivity contribution in [3.8, 4) is 16.9 Å². The third-order valence-corrected chi connectivity index (χ3v) is 8.73. The number of nitrogen functional groups attached to an aromatic ring is 1. The van der Waals surface area contributed by atoms with Crippen molar-refractivity contribution in [2.45, 2.75) is 37.4 Å². The van der Waals surface area contributed by atoms with Crippen molar-refractivity contribution in [2.24, 2.45) is 5.16 Å². The summed E-state index contributed by atoms with van der Waals surface area (Å²) in [6, 6.07) is 3.42. The summed E-state index contributed by atoms with van der Waals surface area (Å²) in [6.07, 6.45) is 3.16. The van der Waals surface area contributed by atoms with E-state index < -0.39 is 57.7 Å². The number of thiazole rings is 1. The minimum atomic E-state index is -1.79. The lowest BCUT2D eigenvalue weighted by Gasteiger charge is -2.49. The van der Waals surface area contributed by atoms with Crippen LogP contribution in [0.5, 0.6) is 5.75 Å². The Morgan fingerprint density at radius 1 is 1.23 bits per heavy atom. The first-order chi connectivity index (χ1) is 20.3. The number of aromatic nitrogens is 2. The molecule has 0 saturated carbocycles. The van der Waals surface area contributed by atoms with Crippen LogP contribution < -0.4 is 16.5 Å². The average molecular weight is 629 g/mol. The van der Waals surface area contributed by atoms with Crippen LogP contribution in [0.25, 0.3) is 11.1 Å². The van der Waals surface area contributed by atoms with Crippen LogP contribution in [-0.4, -0.2) is 82.0 Å². The Bertz CT molecular complexity index is 1760. The molecule has 3 aliphatic heterocycles. The van der Waals surface area contributed by atoms with E-state index in [0.717, 1.165) is 16.2 Å². The Balaban J connectivity index is 1.38. The lowest BCUT2D eigenvalue weighted by Crippen LogP contribution is -2.71. The zero-order chi connectivity index (χ0) is 31.2. The van der Waals surface area contributed by atoms with Crippen molar-refractivity contribution in [2.75, 3.05) is 11.5 Å². The van der Waals surface area contributed by atoms with Crippen LogP contribution >= 0.6 is 23.1 Å². The second-order valence-electron chi connectivity index (χ2n) is 10.1. The van der Waals surface area contributed by atoms with Gasteiger partial charge in [-0.25, -0.2) is 14.6 Å². The van der Waals surface area contributed by atoms with Crippen LogP contribution in [0.1, 0.15) is 19.5 Å². The van der Waals surface area contributed by atoms with Gasteiger partial charge in [-0.1, -0.05) is 11.2 Å². The number of benzene rings is 1. The van der Waals surface area contributed by atoms with Crippen LogP contribution in [0.15, 0.2) is 57.2 Å². The predicted molar refractivity (Wildman–Crippen MR) is 155 cm³/mol. The number of phenols is 1. The Morgan fingerprint density at radius 2 is 1.98 bits per heavy atom. The minimum absolute atomic E-state index is 0.00325. The largest absolute Gasteiger partial charge is 0.504 e. The maximum atomic E-state index is 13.2. The fraction of sp³-hybridized carbons (Fsp3) is 0.269. The number of carboxylic acid groups (broad SMARTS) is 2. The number of rotatable bonds is 9. The average Bonchev–Trinajstić information content (AvgIpc) is 3.39. The molecule has 0 spiro atoms. The van der Waals surface area contributed by atoms with Crippen molar-refractivity contribution in [3.05, 3.63) is 63.2 Å². The molecule has 1 saturated heterocycles. The number of amides is 2. The zero-order valence-corrected chi connectivity index (χ0v) is 24.1. The fourth-order valence-electron chi connectivity index (χ4n) is 4.40. The van der Waals surface area contributed by atoms with E-state index in [2.05, 4.69) is 15.5 Å². The summed E-state index contributed by atoms with van der Waals surface area (Å²) < 4.78 is 1.59. The van der Waals surface area contributed by atoms with Gasteiger partial charge in [0, 0.05) is 35.6 Å². The molecule has 43 heavy (non-hydrogen) atoms. The number of nitrogens with one attached hydrogen (secondary N) is 1. The van der Waals surface area contributed by atoms with Gasteiger partial charge in [0.25, 0.3) is 11.8 Å². The molecule has 224 valence electrons. The molecule has 0 bridgehead atoms. The molecule has 2 amide bonds. The first-order valence-electron chi connectivity index (χ1n) is 12.5. The normalized spacial score (nSPS) is 18.7. The number of fused-ring (bicyclic) bond motifs is 2. The van der Waals surface area contributed by atoms with E-state index in [9.17, 15) is 39.3 Å². The van der Waals surface area contributed by atoms with Gasteiger partial charge in [-0.3, -0.25) is 19.3 Å². The number of oxime groups is 1. The SMILES string of the molecule is CC(C)(O/N=C(\C(=O)NC1C(=O)N2C(C(=O)O)=C(Cn3ccc4ccc(O)c(=O)c-4c3)CS[C@@H]12)c1csc(N)n1)C(=O)O. The molecule has 15 nitrogen and oxygen atoms in total. The highest BCUT2D eigenvalue weighted by molar-refractivity contribution is 8.00. The van der Waals surface area contributed by atoms with Crippen molar-refractivity contribution < 1.29 is 39.3 Å². The molecule has 5 rings (SSSR count). The first-order valence-corrected chi connectivity index (χ1v) is 14.4. The molecule has 4 aliphatic rings. The minimum Gasteiger partial charge on any atom is -0.504 e. The Hall–Kier alpha value is -4.90. The molecule has 17 heteroatoms. The summed E-state index contributed by atoms with van der Waals surface area (Å²) in [5.74, 6) is -4.48. The van der Waals surface area contributed by atoms with Gasteiger partial charge in [-0.2, -0.15) is 0 Å². The van der Waals surface area contributed by atoms with Crippen LogP contribution in [0.3, 0.4) is 0 Å². The smallest absolute Gasteiger partial charge is 0.352 e. The predicted octanol–water partition coefficient (Wildman–Crippen LogP) is 0.720. The molecule has 1 fully saturated rings. The third-order valence-electron chi connectivity index (χ3n) is 6.72. The van der Waals surface area contributed by atoms with Crippen LogP contribution in [-0.2, 0) is 30.6 Å². The van der Waals surface area contributed by atoms with Crippen LogP contribution in [0.4, 0.5) is 5.13 Å². The van der Waals surface area contributed by atoms with Crippen LogP contribution in [0.2, 0.25) is 0 Å². The van der Waals surface area contributed by atoms with E-state index in [4.69, 9.17) is 10.6 Å². The van der Waals surface area contributed by atoms with E-state index in [0.29, 0.717) is 11.1 Å². The zero-order valence-electron chi connectivity index (χ0n) is 22.5. The van der Waals surface area contributed by atoms with E-state index in [1.807, 2.05) is 0 Å². The molecule has 0 radical (unpaired) electrons. The molecule has 1 aromatic heterocycles. The van der Waals surface area contributed by atoms with Gasteiger partial charge in [0.2, 0.25) is 11.0 Å². The van der Waals surface area contributed by atoms with Gasteiger partial charge in [-0.15, -0.1) is 23.1 Å². The van der Waals surface area contributed by atoms with Gasteiger partial charge in [0.15, 0.2) is 16.6 Å². The molecule has 1 aliphatic carbocycles. The van der Waals surface area contributed by atoms with Gasteiger partial charge < -0.3 is 35.8 Å². The molecular formula is C26H24N6O9S2. The van der Waals surface area contributed by atoms with Gasteiger partial charge in [-0.05, 0) is 37.1 Å². The molecule has 1 aromatic rings. The van der Waals surface area contributed by atoms with Crippen molar-refractivity contribution >= 4 is 57.7 Å². The molecule has 1 unspecified atom stereocenters. The number of aromatic hydroxyl groups is 1. The van der Waals surface area contributed by atoms with Gasteiger partial charge in [0.1, 0.15) is 22.8 Å². The summed E-state index contributed by atoms with van der Waals surface area (Å²) in [4.78, 5) is 72.7. The highest BCUT2D eigenvalue weighted by Gasteiger charge is 2.54. The number of β-lactam (4-membered cyclic amide) rings is 1. The number of hydrogen-bond donors (Lipinski definition) is 5. The van der Waals surface area contributed by atoms with Gasteiger partial charge >= 0.3 is 11.9 Å². The van der Waals surface area contributed by atoms with E-state index in [-0.39, 0.29) is 34.4 Å². The molecule has 6 N–H and O–H groups in total.